The van der Waals surface area contributed by atoms with E-state index in [1.54, 1.807) is 26.0 Å². The zero-order chi connectivity index (χ0) is 18.7. The van der Waals surface area contributed by atoms with Crippen molar-refractivity contribution < 1.29 is 9.85 Å². The van der Waals surface area contributed by atoms with Gasteiger partial charge in [0, 0.05) is 17.3 Å². The Hall–Kier alpha value is -4.05. The van der Waals surface area contributed by atoms with Gasteiger partial charge in [0.05, 0.1) is 21.6 Å². The van der Waals surface area contributed by atoms with Crippen LogP contribution in [0.15, 0.2) is 23.8 Å². The average molecular weight is 338 g/mol. The van der Waals surface area contributed by atoms with E-state index in [4.69, 9.17) is 10.5 Å². The van der Waals surface area contributed by atoms with Crippen LogP contribution in [0, 0.1) is 56.7 Å². The minimum Gasteiger partial charge on any atom is -0.258 e. The lowest BCUT2D eigenvalue weighted by Crippen LogP contribution is -2.04. The molecule has 2 aromatic rings. The van der Waals surface area contributed by atoms with Crippen molar-refractivity contribution in [2.45, 2.75) is 13.8 Å². The van der Waals surface area contributed by atoms with Crippen molar-refractivity contribution >= 4 is 17.5 Å². The molecule has 10 nitrogen and oxygen atoms in total. The van der Waals surface area contributed by atoms with Crippen molar-refractivity contribution in [1.82, 2.24) is 9.78 Å². The van der Waals surface area contributed by atoms with Gasteiger partial charge in [-0.1, -0.05) is 0 Å². The second kappa shape index (κ2) is 6.60. The van der Waals surface area contributed by atoms with Gasteiger partial charge >= 0.3 is 5.69 Å². The Morgan fingerprint density at radius 1 is 1.20 bits per heavy atom. The summed E-state index contributed by atoms with van der Waals surface area (Å²) in [4.78, 5) is 20.7. The second-order valence-corrected chi connectivity index (χ2v) is 4.97. The van der Waals surface area contributed by atoms with Crippen LogP contribution in [0.5, 0.6) is 0 Å². The fourth-order valence-corrected chi connectivity index (χ4v) is 2.28. The maximum atomic E-state index is 11.3. The number of nitrogens with zero attached hydrogens (tertiary/aromatic N) is 6. The maximum absolute atomic E-state index is 11.3. The third kappa shape index (κ3) is 3.18. The van der Waals surface area contributed by atoms with Crippen LogP contribution < -0.4 is 0 Å². The molecule has 0 fully saturated rings. The summed E-state index contributed by atoms with van der Waals surface area (Å²) >= 11 is 0. The van der Waals surface area contributed by atoms with E-state index in [0.717, 1.165) is 12.1 Å². The number of non-ortho nitro benzene ring substituents is 1. The Morgan fingerprint density at radius 3 is 2.36 bits per heavy atom. The first kappa shape index (κ1) is 17.3. The van der Waals surface area contributed by atoms with Gasteiger partial charge in [0.1, 0.15) is 23.4 Å². The first-order valence-electron chi connectivity index (χ1n) is 6.81. The van der Waals surface area contributed by atoms with E-state index in [-0.39, 0.29) is 11.3 Å². The molecule has 0 aliphatic heterocycles. The summed E-state index contributed by atoms with van der Waals surface area (Å²) < 4.78 is 1.26. The number of hydrogen-bond acceptors (Lipinski definition) is 7. The van der Waals surface area contributed by atoms with Gasteiger partial charge in [-0.2, -0.15) is 15.6 Å². The summed E-state index contributed by atoms with van der Waals surface area (Å²) in [6.07, 6.45) is 1.34. The van der Waals surface area contributed by atoms with E-state index >= 15 is 0 Å². The Bertz CT molecular complexity index is 990. The number of rotatable bonds is 4. The van der Waals surface area contributed by atoms with Crippen molar-refractivity contribution in [3.63, 3.8) is 0 Å². The van der Waals surface area contributed by atoms with Gasteiger partial charge in [0.2, 0.25) is 0 Å². The molecule has 0 aliphatic rings. The van der Waals surface area contributed by atoms with Crippen LogP contribution in [-0.2, 0) is 0 Å². The molecule has 10 heteroatoms. The molecule has 0 saturated carbocycles. The van der Waals surface area contributed by atoms with Crippen LogP contribution in [0.2, 0.25) is 0 Å². The topological polar surface area (TPSA) is 152 Å². The molecule has 1 aromatic heterocycles. The predicted octanol–water partition coefficient (Wildman–Crippen LogP) is 2.74. The summed E-state index contributed by atoms with van der Waals surface area (Å²) in [5, 5.41) is 44.1. The third-order valence-corrected chi connectivity index (χ3v) is 3.47. The molecular weight excluding hydrogens is 328 g/mol. The number of aromatic nitrogens is 2. The standard InChI is InChI=1S/C15H10N6O4/c1-9-13(5-11(7-16)8-17)10(2)19(18-9)14-4-3-12(20(22)23)6-15(14)21(24)25/h3-6H,1-2H3. The van der Waals surface area contributed by atoms with Crippen LogP contribution in [0.4, 0.5) is 11.4 Å². The first-order chi connectivity index (χ1) is 11.8. The fourth-order valence-electron chi connectivity index (χ4n) is 2.28. The Labute approximate surface area is 141 Å². The van der Waals surface area contributed by atoms with Crippen LogP contribution in [0.1, 0.15) is 17.0 Å². The molecular formula is C15H10N6O4. The molecule has 1 aromatic carbocycles. The molecule has 1 heterocycles. The van der Waals surface area contributed by atoms with Gasteiger partial charge in [-0.3, -0.25) is 20.2 Å². The van der Waals surface area contributed by atoms with E-state index in [1.165, 1.54) is 16.8 Å². The molecule has 0 atom stereocenters. The largest absolute Gasteiger partial charge is 0.301 e. The second-order valence-electron chi connectivity index (χ2n) is 4.97. The van der Waals surface area contributed by atoms with Crippen molar-refractivity contribution in [3.05, 3.63) is 61.0 Å². The summed E-state index contributed by atoms with van der Waals surface area (Å²) in [5.74, 6) is 0. The van der Waals surface area contributed by atoms with E-state index in [9.17, 15) is 20.2 Å². The molecule has 0 bridgehead atoms. The minimum atomic E-state index is -0.732. The van der Waals surface area contributed by atoms with Crippen molar-refractivity contribution in [1.29, 1.82) is 10.5 Å². The van der Waals surface area contributed by atoms with Crippen molar-refractivity contribution in [2.24, 2.45) is 0 Å². The zero-order valence-electron chi connectivity index (χ0n) is 13.1. The van der Waals surface area contributed by atoms with Gasteiger partial charge in [0.25, 0.3) is 5.69 Å². The molecule has 0 spiro atoms. The molecule has 25 heavy (non-hydrogen) atoms. The highest BCUT2D eigenvalue weighted by Crippen LogP contribution is 2.30. The molecule has 0 saturated heterocycles. The maximum Gasteiger partial charge on any atom is 0.301 e. The molecule has 0 unspecified atom stereocenters. The van der Waals surface area contributed by atoms with E-state index < -0.39 is 21.2 Å². The number of hydrogen-bond donors (Lipinski definition) is 0. The number of aryl methyl sites for hydroxylation is 1. The summed E-state index contributed by atoms with van der Waals surface area (Å²) in [5.41, 5.74) is 0.413. The highest BCUT2D eigenvalue weighted by atomic mass is 16.6. The Morgan fingerprint density at radius 2 is 1.84 bits per heavy atom. The minimum absolute atomic E-state index is 0.0475. The number of benzene rings is 1. The van der Waals surface area contributed by atoms with E-state index in [1.807, 2.05) is 0 Å². The Kier molecular flexibility index (Phi) is 4.57. The molecule has 0 amide bonds. The average Bonchev–Trinajstić information content (AvgIpc) is 2.86. The zero-order valence-corrected chi connectivity index (χ0v) is 13.1. The van der Waals surface area contributed by atoms with Gasteiger partial charge < -0.3 is 0 Å². The number of allylic oxidation sites excluding steroid dienone is 1. The van der Waals surface area contributed by atoms with Crippen LogP contribution in [-0.4, -0.2) is 19.6 Å². The monoisotopic (exact) mass is 338 g/mol. The lowest BCUT2D eigenvalue weighted by Gasteiger charge is -2.05. The number of nitro groups is 2. The first-order valence-corrected chi connectivity index (χ1v) is 6.81. The number of nitro benzene ring substituents is 2. The van der Waals surface area contributed by atoms with E-state index in [2.05, 4.69) is 5.10 Å². The lowest BCUT2D eigenvalue weighted by molar-refractivity contribution is -0.394. The quantitative estimate of drug-likeness (QED) is 0.472. The van der Waals surface area contributed by atoms with Gasteiger partial charge in [-0.05, 0) is 26.0 Å². The highest BCUT2D eigenvalue weighted by molar-refractivity contribution is 5.67. The summed E-state index contributed by atoms with van der Waals surface area (Å²) in [6, 6.07) is 6.70. The molecule has 2 rings (SSSR count). The number of nitriles is 2. The molecule has 0 N–H and O–H groups in total. The molecule has 124 valence electrons. The van der Waals surface area contributed by atoms with Crippen molar-refractivity contribution in [2.75, 3.05) is 0 Å². The lowest BCUT2D eigenvalue weighted by atomic mass is 10.1. The highest BCUT2D eigenvalue weighted by Gasteiger charge is 2.23. The van der Waals surface area contributed by atoms with Crippen LogP contribution in [0.3, 0.4) is 0 Å². The van der Waals surface area contributed by atoms with Crippen LogP contribution in [0.25, 0.3) is 11.8 Å². The Balaban J connectivity index is 2.71. The van der Waals surface area contributed by atoms with Gasteiger partial charge in [-0.25, -0.2) is 4.68 Å². The molecule has 0 aliphatic carbocycles. The predicted molar refractivity (Wildman–Crippen MR) is 85.5 cm³/mol. The third-order valence-electron chi connectivity index (χ3n) is 3.47. The van der Waals surface area contributed by atoms with Gasteiger partial charge in [-0.15, -0.1) is 0 Å². The van der Waals surface area contributed by atoms with E-state index in [0.29, 0.717) is 17.0 Å². The fraction of sp³-hybridized carbons (Fsp3) is 0.133. The van der Waals surface area contributed by atoms with Crippen LogP contribution >= 0.6 is 0 Å². The smallest absolute Gasteiger partial charge is 0.258 e. The molecule has 0 radical (unpaired) electrons. The normalized spacial score (nSPS) is 9.76. The summed E-state index contributed by atoms with van der Waals surface area (Å²) in [7, 11) is 0. The van der Waals surface area contributed by atoms with Crippen molar-refractivity contribution in [3.8, 4) is 17.8 Å². The van der Waals surface area contributed by atoms with Gasteiger partial charge in [0.15, 0.2) is 0 Å². The SMILES string of the molecule is Cc1nn(-c2ccc([N+](=O)[O-])cc2[N+](=O)[O-])c(C)c1C=C(C#N)C#N. The summed E-state index contributed by atoms with van der Waals surface area (Å²) in [6.45, 7) is 3.24.